The molecule has 0 aliphatic heterocycles. The van der Waals surface area contributed by atoms with Gasteiger partial charge in [-0.15, -0.1) is 0 Å². The first-order chi connectivity index (χ1) is 15.3. The minimum absolute atomic E-state index is 0.134. The Morgan fingerprint density at radius 3 is 1.72 bits per heavy atom. The molecule has 0 fully saturated rings. The number of carbonyl (C=O) groups excluding carboxylic acids is 2. The lowest BCUT2D eigenvalue weighted by molar-refractivity contribution is 0.102. The van der Waals surface area contributed by atoms with Gasteiger partial charge in [-0.25, -0.2) is 13.1 Å². The Morgan fingerprint density at radius 2 is 1.22 bits per heavy atom. The number of hydrogen-bond donors (Lipinski definition) is 3. The first-order valence-corrected chi connectivity index (χ1v) is 11.7. The maximum absolute atomic E-state index is 12.5. The van der Waals surface area contributed by atoms with Gasteiger partial charge in [0.05, 0.1) is 4.90 Å². The Morgan fingerprint density at radius 1 is 0.750 bits per heavy atom. The Kier molecular flexibility index (Phi) is 7.40. The summed E-state index contributed by atoms with van der Waals surface area (Å²) in [5.41, 5.74) is 1.98. The van der Waals surface area contributed by atoms with Crippen LogP contribution in [0.2, 0.25) is 0 Å². The summed E-state index contributed by atoms with van der Waals surface area (Å²) >= 11 is 0. The van der Waals surface area contributed by atoms with Gasteiger partial charge in [0.2, 0.25) is 10.0 Å². The van der Waals surface area contributed by atoms with Gasteiger partial charge in [-0.2, -0.15) is 0 Å². The smallest absolute Gasteiger partial charge is 0.255 e. The minimum Gasteiger partial charge on any atom is -0.322 e. The SMILES string of the molecule is CCC(C)NS(=O)(=O)c1ccc(NC(=O)c2ccc(NC(=O)c3ccccc3)cc2)cc1. The van der Waals surface area contributed by atoms with Gasteiger partial charge in [0, 0.05) is 28.5 Å². The fraction of sp³-hybridized carbons (Fsp3) is 0.167. The number of benzene rings is 3. The summed E-state index contributed by atoms with van der Waals surface area (Å²) in [6.45, 7) is 3.69. The zero-order chi connectivity index (χ0) is 23.1. The van der Waals surface area contributed by atoms with Gasteiger partial charge in [-0.1, -0.05) is 25.1 Å². The van der Waals surface area contributed by atoms with Crippen LogP contribution in [0.15, 0.2) is 83.8 Å². The molecule has 0 radical (unpaired) electrons. The molecule has 32 heavy (non-hydrogen) atoms. The Bertz CT molecular complexity index is 1180. The lowest BCUT2D eigenvalue weighted by Crippen LogP contribution is -2.31. The summed E-state index contributed by atoms with van der Waals surface area (Å²) in [6, 6.07) is 21.1. The van der Waals surface area contributed by atoms with Crippen molar-refractivity contribution >= 4 is 33.2 Å². The number of sulfonamides is 1. The summed E-state index contributed by atoms with van der Waals surface area (Å²) in [6.07, 6.45) is 0.683. The highest BCUT2D eigenvalue weighted by atomic mass is 32.2. The van der Waals surface area contributed by atoms with Crippen LogP contribution in [-0.2, 0) is 10.0 Å². The van der Waals surface area contributed by atoms with Crippen molar-refractivity contribution in [1.29, 1.82) is 0 Å². The number of rotatable bonds is 8. The number of hydrogen-bond acceptors (Lipinski definition) is 4. The van der Waals surface area contributed by atoms with Crippen molar-refractivity contribution in [3.05, 3.63) is 90.0 Å². The van der Waals surface area contributed by atoms with Crippen LogP contribution in [0.4, 0.5) is 11.4 Å². The number of amides is 2. The van der Waals surface area contributed by atoms with Crippen LogP contribution in [0, 0.1) is 0 Å². The summed E-state index contributed by atoms with van der Waals surface area (Å²) in [7, 11) is -3.60. The van der Waals surface area contributed by atoms with E-state index in [0.29, 0.717) is 28.9 Å². The van der Waals surface area contributed by atoms with Crippen molar-refractivity contribution in [1.82, 2.24) is 4.72 Å². The van der Waals surface area contributed by atoms with E-state index in [1.54, 1.807) is 55.5 Å². The molecule has 8 heteroatoms. The normalized spacial score (nSPS) is 12.1. The van der Waals surface area contributed by atoms with E-state index in [1.807, 2.05) is 13.0 Å². The van der Waals surface area contributed by atoms with E-state index in [-0.39, 0.29) is 22.8 Å². The molecule has 3 aromatic carbocycles. The second-order valence-corrected chi connectivity index (χ2v) is 9.02. The Labute approximate surface area is 187 Å². The summed E-state index contributed by atoms with van der Waals surface area (Å²) in [5, 5.41) is 5.51. The minimum atomic E-state index is -3.60. The summed E-state index contributed by atoms with van der Waals surface area (Å²) in [5.74, 6) is -0.583. The molecule has 0 saturated carbocycles. The Balaban J connectivity index is 1.61. The van der Waals surface area contributed by atoms with Crippen LogP contribution >= 0.6 is 0 Å². The molecule has 0 aliphatic rings. The molecule has 0 aliphatic carbocycles. The summed E-state index contributed by atoms with van der Waals surface area (Å²) < 4.78 is 27.2. The zero-order valence-electron chi connectivity index (χ0n) is 17.8. The molecular weight excluding hydrogens is 426 g/mol. The highest BCUT2D eigenvalue weighted by molar-refractivity contribution is 7.89. The molecule has 0 heterocycles. The van der Waals surface area contributed by atoms with Crippen molar-refractivity contribution in [3.63, 3.8) is 0 Å². The van der Waals surface area contributed by atoms with Crippen molar-refractivity contribution in [2.75, 3.05) is 10.6 Å². The topological polar surface area (TPSA) is 104 Å². The van der Waals surface area contributed by atoms with Gasteiger partial charge < -0.3 is 10.6 Å². The number of nitrogens with one attached hydrogen (secondary N) is 3. The third-order valence-electron chi connectivity index (χ3n) is 4.83. The average Bonchev–Trinajstić information content (AvgIpc) is 2.80. The van der Waals surface area contributed by atoms with E-state index >= 15 is 0 Å². The molecule has 0 bridgehead atoms. The highest BCUT2D eigenvalue weighted by Crippen LogP contribution is 2.17. The molecule has 2 amide bonds. The molecular formula is C24H25N3O4S. The molecule has 3 rings (SSSR count). The van der Waals surface area contributed by atoms with E-state index in [4.69, 9.17) is 0 Å². The van der Waals surface area contributed by atoms with E-state index in [0.717, 1.165) is 0 Å². The summed E-state index contributed by atoms with van der Waals surface area (Å²) in [4.78, 5) is 24.9. The van der Waals surface area contributed by atoms with Gasteiger partial charge in [-0.3, -0.25) is 9.59 Å². The largest absolute Gasteiger partial charge is 0.322 e. The van der Waals surface area contributed by atoms with Crippen LogP contribution in [-0.4, -0.2) is 26.3 Å². The van der Waals surface area contributed by atoms with Crippen molar-refractivity contribution < 1.29 is 18.0 Å². The van der Waals surface area contributed by atoms with Crippen molar-refractivity contribution in [2.24, 2.45) is 0 Å². The quantitative estimate of drug-likeness (QED) is 0.476. The van der Waals surface area contributed by atoms with E-state index < -0.39 is 10.0 Å². The second-order valence-electron chi connectivity index (χ2n) is 7.31. The Hall–Kier alpha value is -3.49. The molecule has 7 nitrogen and oxygen atoms in total. The van der Waals surface area contributed by atoms with Crippen LogP contribution in [0.5, 0.6) is 0 Å². The van der Waals surface area contributed by atoms with E-state index in [9.17, 15) is 18.0 Å². The van der Waals surface area contributed by atoms with Gasteiger partial charge in [0.15, 0.2) is 0 Å². The predicted octanol–water partition coefficient (Wildman–Crippen LogP) is 4.27. The monoisotopic (exact) mass is 451 g/mol. The molecule has 3 aromatic rings. The second kappa shape index (κ2) is 10.2. The molecule has 0 aromatic heterocycles. The maximum Gasteiger partial charge on any atom is 0.255 e. The van der Waals surface area contributed by atoms with Gasteiger partial charge in [0.1, 0.15) is 0 Å². The standard InChI is InChI=1S/C24H25N3O4S/c1-3-17(2)27-32(30,31)22-15-13-21(14-16-22)26-24(29)19-9-11-20(12-10-19)25-23(28)18-7-5-4-6-8-18/h4-17,27H,3H2,1-2H3,(H,25,28)(H,26,29). The first kappa shape index (κ1) is 23.2. The average molecular weight is 452 g/mol. The highest BCUT2D eigenvalue weighted by Gasteiger charge is 2.16. The van der Waals surface area contributed by atoms with Gasteiger partial charge in [0.25, 0.3) is 11.8 Å². The van der Waals surface area contributed by atoms with Crippen LogP contribution in [0.25, 0.3) is 0 Å². The lowest BCUT2D eigenvalue weighted by Gasteiger charge is -2.12. The number of anilines is 2. The molecule has 0 saturated heterocycles. The predicted molar refractivity (Wildman–Crippen MR) is 125 cm³/mol. The third-order valence-corrected chi connectivity index (χ3v) is 6.44. The van der Waals surface area contributed by atoms with Crippen LogP contribution in [0.1, 0.15) is 41.0 Å². The first-order valence-electron chi connectivity index (χ1n) is 10.2. The molecule has 1 unspecified atom stereocenters. The molecule has 1 atom stereocenters. The van der Waals surface area contributed by atoms with Crippen LogP contribution in [0.3, 0.4) is 0 Å². The van der Waals surface area contributed by atoms with E-state index in [2.05, 4.69) is 15.4 Å². The maximum atomic E-state index is 12.5. The van der Waals surface area contributed by atoms with Crippen LogP contribution < -0.4 is 15.4 Å². The molecule has 166 valence electrons. The van der Waals surface area contributed by atoms with Gasteiger partial charge >= 0.3 is 0 Å². The van der Waals surface area contributed by atoms with Crippen molar-refractivity contribution in [2.45, 2.75) is 31.2 Å². The zero-order valence-corrected chi connectivity index (χ0v) is 18.6. The fourth-order valence-electron chi connectivity index (χ4n) is 2.83. The van der Waals surface area contributed by atoms with Crippen molar-refractivity contribution in [3.8, 4) is 0 Å². The lowest BCUT2D eigenvalue weighted by atomic mass is 10.1. The van der Waals surface area contributed by atoms with E-state index in [1.165, 1.54) is 24.3 Å². The molecule has 3 N–H and O–H groups in total. The number of carbonyl (C=O) groups is 2. The third kappa shape index (κ3) is 6.03. The van der Waals surface area contributed by atoms with Gasteiger partial charge in [-0.05, 0) is 74.0 Å². The molecule has 0 spiro atoms. The fourth-order valence-corrected chi connectivity index (χ4v) is 4.16.